The van der Waals surface area contributed by atoms with Crippen LogP contribution in [0.1, 0.15) is 46.1 Å². The summed E-state index contributed by atoms with van der Waals surface area (Å²) in [5, 5.41) is 3.83. The molecule has 2 atom stereocenters. The van der Waals surface area contributed by atoms with E-state index in [0.717, 1.165) is 13.1 Å². The highest BCUT2D eigenvalue weighted by Gasteiger charge is 2.51. The number of rotatable bonds is 3. The minimum absolute atomic E-state index is 0.0816. The Morgan fingerprint density at radius 1 is 1.15 bits per heavy atom. The van der Waals surface area contributed by atoms with Crippen molar-refractivity contribution in [3.63, 3.8) is 0 Å². The third-order valence-electron chi connectivity index (χ3n) is 5.44. The predicted molar refractivity (Wildman–Crippen MR) is 84.8 cm³/mol. The molecule has 1 aliphatic carbocycles. The van der Waals surface area contributed by atoms with Gasteiger partial charge in [-0.25, -0.2) is 0 Å². The van der Waals surface area contributed by atoms with Crippen molar-refractivity contribution < 1.29 is 0 Å². The van der Waals surface area contributed by atoms with E-state index in [9.17, 15) is 0 Å². The van der Waals surface area contributed by atoms with Crippen molar-refractivity contribution in [2.75, 3.05) is 13.1 Å². The number of benzene rings is 1. The maximum absolute atomic E-state index is 3.83. The highest BCUT2D eigenvalue weighted by molar-refractivity contribution is 5.26. The molecule has 0 radical (unpaired) electrons. The van der Waals surface area contributed by atoms with Gasteiger partial charge in [0.05, 0.1) is 5.54 Å². The lowest BCUT2D eigenvalue weighted by Gasteiger charge is -2.50. The molecule has 3 rings (SSSR count). The molecule has 2 aliphatic rings. The molecule has 0 bridgehead atoms. The summed E-state index contributed by atoms with van der Waals surface area (Å²) in [5.41, 5.74) is 1.95. The van der Waals surface area contributed by atoms with Gasteiger partial charge in [0.1, 0.15) is 0 Å². The minimum Gasteiger partial charge on any atom is -0.305 e. The summed E-state index contributed by atoms with van der Waals surface area (Å²) in [4.78, 5) is 2.79. The zero-order valence-corrected chi connectivity index (χ0v) is 13.3. The molecule has 20 heavy (non-hydrogen) atoms. The highest BCUT2D eigenvalue weighted by atomic mass is 15.3. The summed E-state index contributed by atoms with van der Waals surface area (Å²) in [6, 6.07) is 11.6. The number of hydrogen-bond donors (Lipinski definition) is 1. The van der Waals surface area contributed by atoms with Crippen LogP contribution in [0.2, 0.25) is 0 Å². The van der Waals surface area contributed by atoms with Crippen LogP contribution in [0.3, 0.4) is 0 Å². The molecule has 2 fully saturated rings. The van der Waals surface area contributed by atoms with Crippen molar-refractivity contribution in [2.45, 2.75) is 57.7 Å². The molecular formula is C18H28N2. The average molecular weight is 272 g/mol. The Bertz CT molecular complexity index is 464. The lowest BCUT2D eigenvalue weighted by Crippen LogP contribution is -2.65. The second-order valence-corrected chi connectivity index (χ2v) is 7.52. The first kappa shape index (κ1) is 14.1. The van der Waals surface area contributed by atoms with Gasteiger partial charge in [-0.15, -0.1) is 0 Å². The second-order valence-electron chi connectivity index (χ2n) is 7.52. The Hall–Kier alpha value is -0.860. The third kappa shape index (κ3) is 2.40. The maximum atomic E-state index is 3.83. The topological polar surface area (TPSA) is 15.3 Å². The predicted octanol–water partition coefficient (Wildman–Crippen LogP) is 3.38. The summed E-state index contributed by atoms with van der Waals surface area (Å²) >= 11 is 0. The van der Waals surface area contributed by atoms with Crippen LogP contribution in [0.5, 0.6) is 0 Å². The van der Waals surface area contributed by atoms with Gasteiger partial charge in [0.15, 0.2) is 0 Å². The lowest BCUT2D eigenvalue weighted by molar-refractivity contribution is 0.0199. The summed E-state index contributed by atoms with van der Waals surface area (Å²) < 4.78 is 0. The minimum atomic E-state index is 0.0816. The molecule has 2 heteroatoms. The summed E-state index contributed by atoms with van der Waals surface area (Å²) in [6.45, 7) is 11.7. The lowest BCUT2D eigenvalue weighted by atomic mass is 9.85. The standard InChI is InChI=1S/C18H28N2/c1-14(2)16-12-19-18(4,15-8-6-5-7-9-15)13-20(16)17(3)10-11-17/h5-9,14,16,19H,10-13H2,1-4H3. The van der Waals surface area contributed by atoms with Gasteiger partial charge >= 0.3 is 0 Å². The van der Waals surface area contributed by atoms with Gasteiger partial charge in [-0.05, 0) is 38.2 Å². The smallest absolute Gasteiger partial charge is 0.0535 e. The zero-order chi connectivity index (χ0) is 14.4. The Labute approximate surface area is 123 Å². The van der Waals surface area contributed by atoms with Crippen LogP contribution in [0.4, 0.5) is 0 Å². The quantitative estimate of drug-likeness (QED) is 0.907. The van der Waals surface area contributed by atoms with Crippen molar-refractivity contribution in [3.8, 4) is 0 Å². The first-order valence-corrected chi connectivity index (χ1v) is 8.02. The van der Waals surface area contributed by atoms with E-state index in [1.165, 1.54) is 18.4 Å². The Morgan fingerprint density at radius 2 is 1.80 bits per heavy atom. The molecule has 110 valence electrons. The molecular weight excluding hydrogens is 244 g/mol. The third-order valence-corrected chi connectivity index (χ3v) is 5.44. The molecule has 2 nitrogen and oxygen atoms in total. The monoisotopic (exact) mass is 272 g/mol. The molecule has 1 aromatic rings. The molecule has 1 N–H and O–H groups in total. The van der Waals surface area contributed by atoms with Crippen LogP contribution in [0.15, 0.2) is 30.3 Å². The normalized spacial score (nSPS) is 33.4. The Kier molecular flexibility index (Phi) is 3.42. The van der Waals surface area contributed by atoms with E-state index >= 15 is 0 Å². The molecule has 2 unspecified atom stereocenters. The van der Waals surface area contributed by atoms with Crippen LogP contribution < -0.4 is 5.32 Å². The molecule has 0 aromatic heterocycles. The van der Waals surface area contributed by atoms with E-state index in [1.54, 1.807) is 0 Å². The fourth-order valence-electron chi connectivity index (χ4n) is 3.61. The number of nitrogens with zero attached hydrogens (tertiary/aromatic N) is 1. The zero-order valence-electron chi connectivity index (χ0n) is 13.3. The van der Waals surface area contributed by atoms with Crippen molar-refractivity contribution in [1.29, 1.82) is 0 Å². The largest absolute Gasteiger partial charge is 0.305 e. The van der Waals surface area contributed by atoms with Crippen molar-refractivity contribution >= 4 is 0 Å². The number of nitrogens with one attached hydrogen (secondary N) is 1. The number of hydrogen-bond acceptors (Lipinski definition) is 2. The van der Waals surface area contributed by atoms with Crippen LogP contribution in [-0.4, -0.2) is 29.6 Å². The van der Waals surface area contributed by atoms with Crippen LogP contribution in [-0.2, 0) is 5.54 Å². The van der Waals surface area contributed by atoms with Gasteiger partial charge in [0.25, 0.3) is 0 Å². The van der Waals surface area contributed by atoms with Gasteiger partial charge < -0.3 is 5.32 Å². The maximum Gasteiger partial charge on any atom is 0.0535 e. The van der Waals surface area contributed by atoms with Gasteiger partial charge in [-0.2, -0.15) is 0 Å². The van der Waals surface area contributed by atoms with Gasteiger partial charge in [-0.3, -0.25) is 4.90 Å². The van der Waals surface area contributed by atoms with Crippen molar-refractivity contribution in [3.05, 3.63) is 35.9 Å². The van der Waals surface area contributed by atoms with Gasteiger partial charge in [0.2, 0.25) is 0 Å². The van der Waals surface area contributed by atoms with Crippen LogP contribution in [0.25, 0.3) is 0 Å². The van der Waals surface area contributed by atoms with Crippen molar-refractivity contribution in [1.82, 2.24) is 10.2 Å². The van der Waals surface area contributed by atoms with Crippen LogP contribution in [0, 0.1) is 5.92 Å². The SMILES string of the molecule is CC(C)C1CNC(C)(c2ccccc2)CN1C1(C)CC1. The Balaban J connectivity index is 1.87. The average Bonchev–Trinajstić information content (AvgIpc) is 3.19. The van der Waals surface area contributed by atoms with Crippen molar-refractivity contribution in [2.24, 2.45) is 5.92 Å². The van der Waals surface area contributed by atoms with E-state index in [-0.39, 0.29) is 5.54 Å². The fourth-order valence-corrected chi connectivity index (χ4v) is 3.61. The second kappa shape index (κ2) is 4.85. The van der Waals surface area contributed by atoms with E-state index in [0.29, 0.717) is 17.5 Å². The molecule has 0 amide bonds. The molecule has 1 aromatic carbocycles. The summed E-state index contributed by atoms with van der Waals surface area (Å²) in [7, 11) is 0. The molecule has 0 spiro atoms. The van der Waals surface area contributed by atoms with Crippen LogP contribution >= 0.6 is 0 Å². The van der Waals surface area contributed by atoms with E-state index < -0.39 is 0 Å². The van der Waals surface area contributed by atoms with E-state index in [1.807, 2.05) is 0 Å². The Morgan fingerprint density at radius 3 is 2.35 bits per heavy atom. The fraction of sp³-hybridized carbons (Fsp3) is 0.667. The van der Waals surface area contributed by atoms with E-state index in [4.69, 9.17) is 0 Å². The molecule has 1 aliphatic heterocycles. The molecule has 1 saturated carbocycles. The summed E-state index contributed by atoms with van der Waals surface area (Å²) in [5.74, 6) is 0.709. The highest BCUT2D eigenvalue weighted by Crippen LogP contribution is 2.46. The van der Waals surface area contributed by atoms with Gasteiger partial charge in [-0.1, -0.05) is 44.2 Å². The van der Waals surface area contributed by atoms with Gasteiger partial charge in [0, 0.05) is 24.7 Å². The first-order chi connectivity index (χ1) is 9.45. The molecule has 1 heterocycles. The summed E-state index contributed by atoms with van der Waals surface area (Å²) in [6.07, 6.45) is 2.72. The van der Waals surface area contributed by atoms with E-state index in [2.05, 4.69) is 68.2 Å². The molecule has 1 saturated heterocycles. The number of piperazine rings is 1. The first-order valence-electron chi connectivity index (χ1n) is 8.02.